The van der Waals surface area contributed by atoms with Gasteiger partial charge in [0.05, 0.1) is 12.6 Å². The number of carbonyl (C=O) groups excluding carboxylic acids is 1. The summed E-state index contributed by atoms with van der Waals surface area (Å²) in [5.74, 6) is 0. The Labute approximate surface area is 98.8 Å². The first-order chi connectivity index (χ1) is 7.63. The lowest BCUT2D eigenvalue weighted by Crippen LogP contribution is -2.46. The Morgan fingerprint density at radius 3 is 2.44 bits per heavy atom. The molecule has 0 fully saturated rings. The van der Waals surface area contributed by atoms with Crippen LogP contribution in [0.5, 0.6) is 0 Å². The van der Waals surface area contributed by atoms with Gasteiger partial charge in [0.15, 0.2) is 0 Å². The Bertz CT molecular complexity index is 182. The molecule has 2 amide bonds. The van der Waals surface area contributed by atoms with Gasteiger partial charge in [-0.1, -0.05) is 33.1 Å². The van der Waals surface area contributed by atoms with Gasteiger partial charge in [0, 0.05) is 6.04 Å². The van der Waals surface area contributed by atoms with Crippen molar-refractivity contribution in [3.8, 4) is 0 Å². The molecule has 0 spiro atoms. The quantitative estimate of drug-likeness (QED) is 0.559. The second kappa shape index (κ2) is 9.46. The number of nitrogens with one attached hydrogen (secondary N) is 2. The van der Waals surface area contributed by atoms with Crippen molar-refractivity contribution in [1.29, 1.82) is 0 Å². The third-order valence-corrected chi connectivity index (χ3v) is 2.67. The lowest BCUT2D eigenvalue weighted by atomic mass is 10.1. The van der Waals surface area contributed by atoms with Crippen LogP contribution >= 0.6 is 0 Å². The average molecular weight is 230 g/mol. The number of carbonyl (C=O) groups is 1. The van der Waals surface area contributed by atoms with E-state index in [1.165, 1.54) is 12.8 Å². The number of hydrogen-bond acceptors (Lipinski definition) is 2. The van der Waals surface area contributed by atoms with Crippen LogP contribution in [0.25, 0.3) is 0 Å². The topological polar surface area (TPSA) is 61.4 Å². The molecule has 2 unspecified atom stereocenters. The number of rotatable bonds is 8. The summed E-state index contributed by atoms with van der Waals surface area (Å²) in [6.07, 6.45) is 5.31. The molecule has 0 rings (SSSR count). The largest absolute Gasteiger partial charge is 0.394 e. The molecule has 0 aromatic rings. The Balaban J connectivity index is 3.68. The molecular weight excluding hydrogens is 204 g/mol. The van der Waals surface area contributed by atoms with Gasteiger partial charge in [-0.25, -0.2) is 4.79 Å². The Morgan fingerprint density at radius 2 is 1.94 bits per heavy atom. The molecule has 0 bridgehead atoms. The number of urea groups is 1. The van der Waals surface area contributed by atoms with Crippen LogP contribution in [-0.4, -0.2) is 29.8 Å². The van der Waals surface area contributed by atoms with Gasteiger partial charge in [-0.2, -0.15) is 0 Å². The second-order valence-corrected chi connectivity index (χ2v) is 4.30. The number of unbranched alkanes of at least 4 members (excludes halogenated alkanes) is 2. The molecule has 4 heteroatoms. The van der Waals surface area contributed by atoms with E-state index < -0.39 is 0 Å². The predicted molar refractivity (Wildman–Crippen MR) is 66.4 cm³/mol. The molecule has 2 atom stereocenters. The fraction of sp³-hybridized carbons (Fsp3) is 0.917. The van der Waals surface area contributed by atoms with E-state index in [4.69, 9.17) is 5.11 Å². The highest BCUT2D eigenvalue weighted by Gasteiger charge is 2.10. The normalized spacial score (nSPS) is 14.2. The fourth-order valence-corrected chi connectivity index (χ4v) is 1.50. The van der Waals surface area contributed by atoms with Crippen LogP contribution in [0.15, 0.2) is 0 Å². The van der Waals surface area contributed by atoms with Gasteiger partial charge >= 0.3 is 6.03 Å². The van der Waals surface area contributed by atoms with Crippen LogP contribution in [-0.2, 0) is 0 Å². The van der Waals surface area contributed by atoms with Gasteiger partial charge in [0.25, 0.3) is 0 Å². The van der Waals surface area contributed by atoms with Crippen molar-refractivity contribution < 1.29 is 9.90 Å². The van der Waals surface area contributed by atoms with E-state index in [-0.39, 0.29) is 24.7 Å². The van der Waals surface area contributed by atoms with E-state index in [0.29, 0.717) is 0 Å². The van der Waals surface area contributed by atoms with Crippen LogP contribution in [0, 0.1) is 0 Å². The zero-order chi connectivity index (χ0) is 12.4. The third kappa shape index (κ3) is 7.51. The molecule has 4 nitrogen and oxygen atoms in total. The van der Waals surface area contributed by atoms with Crippen molar-refractivity contribution in [1.82, 2.24) is 10.6 Å². The zero-order valence-corrected chi connectivity index (χ0v) is 10.8. The predicted octanol–water partition coefficient (Wildman–Crippen LogP) is 2.03. The minimum Gasteiger partial charge on any atom is -0.394 e. The highest BCUT2D eigenvalue weighted by molar-refractivity contribution is 5.74. The highest BCUT2D eigenvalue weighted by atomic mass is 16.3. The fourth-order valence-electron chi connectivity index (χ4n) is 1.50. The summed E-state index contributed by atoms with van der Waals surface area (Å²) in [5.41, 5.74) is 0. The van der Waals surface area contributed by atoms with Crippen molar-refractivity contribution in [2.75, 3.05) is 6.61 Å². The first-order valence-electron chi connectivity index (χ1n) is 6.31. The monoisotopic (exact) mass is 230 g/mol. The zero-order valence-electron chi connectivity index (χ0n) is 10.8. The highest BCUT2D eigenvalue weighted by Crippen LogP contribution is 2.02. The van der Waals surface area contributed by atoms with Crippen LogP contribution in [0.2, 0.25) is 0 Å². The summed E-state index contributed by atoms with van der Waals surface area (Å²) in [6, 6.07) is -0.115. The maximum atomic E-state index is 11.5. The van der Waals surface area contributed by atoms with Crippen molar-refractivity contribution in [2.45, 2.75) is 65.0 Å². The van der Waals surface area contributed by atoms with Crippen molar-refractivity contribution in [2.24, 2.45) is 0 Å². The first kappa shape index (κ1) is 15.2. The lowest BCUT2D eigenvalue weighted by Gasteiger charge is -2.18. The van der Waals surface area contributed by atoms with Crippen molar-refractivity contribution >= 4 is 6.03 Å². The standard InChI is InChI=1S/C12H26N2O2/c1-4-6-7-8-10(3)13-12(16)14-11(5-2)9-15/h10-11,15H,4-9H2,1-3H3,(H2,13,14,16). The van der Waals surface area contributed by atoms with Gasteiger partial charge in [0.2, 0.25) is 0 Å². The number of amides is 2. The number of aliphatic hydroxyl groups is 1. The molecule has 16 heavy (non-hydrogen) atoms. The molecule has 0 heterocycles. The van der Waals surface area contributed by atoms with Gasteiger partial charge in [-0.3, -0.25) is 0 Å². The summed E-state index contributed by atoms with van der Waals surface area (Å²) in [4.78, 5) is 11.5. The molecule has 0 saturated heterocycles. The Hall–Kier alpha value is -0.770. The van der Waals surface area contributed by atoms with Gasteiger partial charge in [-0.15, -0.1) is 0 Å². The van der Waals surface area contributed by atoms with E-state index in [1.807, 2.05) is 13.8 Å². The van der Waals surface area contributed by atoms with E-state index in [1.54, 1.807) is 0 Å². The molecule has 3 N–H and O–H groups in total. The maximum absolute atomic E-state index is 11.5. The van der Waals surface area contributed by atoms with Gasteiger partial charge in [-0.05, 0) is 19.8 Å². The molecule has 0 aliphatic rings. The molecule has 0 aliphatic carbocycles. The maximum Gasteiger partial charge on any atom is 0.315 e. The molecule has 0 saturated carbocycles. The SMILES string of the molecule is CCCCCC(C)NC(=O)NC(CC)CO. The average Bonchev–Trinajstić information content (AvgIpc) is 2.26. The summed E-state index contributed by atoms with van der Waals surface area (Å²) in [7, 11) is 0. The van der Waals surface area contributed by atoms with Crippen molar-refractivity contribution in [3.05, 3.63) is 0 Å². The second-order valence-electron chi connectivity index (χ2n) is 4.30. The molecular formula is C12H26N2O2. The van der Waals surface area contributed by atoms with E-state index in [9.17, 15) is 4.79 Å². The number of hydrogen-bond donors (Lipinski definition) is 3. The van der Waals surface area contributed by atoms with Crippen LogP contribution in [0.3, 0.4) is 0 Å². The van der Waals surface area contributed by atoms with Gasteiger partial charge < -0.3 is 15.7 Å². The van der Waals surface area contributed by atoms with E-state index in [0.717, 1.165) is 19.3 Å². The first-order valence-corrected chi connectivity index (χ1v) is 6.31. The Kier molecular flexibility index (Phi) is 9.00. The van der Waals surface area contributed by atoms with Crippen molar-refractivity contribution in [3.63, 3.8) is 0 Å². The van der Waals surface area contributed by atoms with Crippen LogP contribution in [0.4, 0.5) is 4.79 Å². The molecule has 0 aromatic carbocycles. The summed E-state index contributed by atoms with van der Waals surface area (Å²) < 4.78 is 0. The minimum atomic E-state index is -0.176. The van der Waals surface area contributed by atoms with Crippen LogP contribution in [0.1, 0.15) is 52.9 Å². The van der Waals surface area contributed by atoms with Gasteiger partial charge in [0.1, 0.15) is 0 Å². The van der Waals surface area contributed by atoms with E-state index in [2.05, 4.69) is 17.6 Å². The Morgan fingerprint density at radius 1 is 1.25 bits per heavy atom. The minimum absolute atomic E-state index is 0.00582. The summed E-state index contributed by atoms with van der Waals surface area (Å²) in [5, 5.41) is 14.6. The molecule has 0 radical (unpaired) electrons. The summed E-state index contributed by atoms with van der Waals surface area (Å²) in [6.45, 7) is 6.10. The lowest BCUT2D eigenvalue weighted by molar-refractivity contribution is 0.212. The molecule has 96 valence electrons. The molecule has 0 aromatic heterocycles. The smallest absolute Gasteiger partial charge is 0.315 e. The molecule has 0 aliphatic heterocycles. The number of aliphatic hydroxyl groups excluding tert-OH is 1. The summed E-state index contributed by atoms with van der Waals surface area (Å²) >= 11 is 0. The van der Waals surface area contributed by atoms with Crippen LogP contribution < -0.4 is 10.6 Å². The third-order valence-electron chi connectivity index (χ3n) is 2.67. The van der Waals surface area contributed by atoms with E-state index >= 15 is 0 Å².